The molecule has 0 saturated heterocycles. The number of benzene rings is 3. The Kier molecular flexibility index (Phi) is 2.84. The van der Waals surface area contributed by atoms with Gasteiger partial charge in [0.25, 0.3) is 0 Å². The maximum Gasteiger partial charge on any atom is 0.416 e. The maximum absolute atomic E-state index is 13.0. The molecule has 0 unspecified atom stereocenters. The summed E-state index contributed by atoms with van der Waals surface area (Å²) < 4.78 is 39.0. The van der Waals surface area contributed by atoms with Crippen LogP contribution >= 0.6 is 0 Å². The predicted octanol–water partition coefficient (Wildman–Crippen LogP) is 5.87. The number of aromatic hydroxyl groups is 1. The van der Waals surface area contributed by atoms with Gasteiger partial charge >= 0.3 is 6.18 Å². The summed E-state index contributed by atoms with van der Waals surface area (Å²) in [6.07, 6.45) is -4.43. The van der Waals surface area contributed by atoms with Crippen molar-refractivity contribution in [2.45, 2.75) is 25.4 Å². The molecular formula is C20H15F3O. The zero-order chi connectivity index (χ0) is 17.3. The van der Waals surface area contributed by atoms with Gasteiger partial charge in [-0.2, -0.15) is 13.2 Å². The Bertz CT molecular complexity index is 984. The van der Waals surface area contributed by atoms with Crippen LogP contribution in [0.25, 0.3) is 21.9 Å². The van der Waals surface area contributed by atoms with Crippen LogP contribution in [0.4, 0.5) is 13.2 Å². The molecule has 0 atom stereocenters. The second kappa shape index (κ2) is 4.53. The molecule has 24 heavy (non-hydrogen) atoms. The molecule has 4 heteroatoms. The molecule has 0 bridgehead atoms. The number of halogens is 3. The molecule has 0 heterocycles. The van der Waals surface area contributed by atoms with Crippen molar-refractivity contribution in [2.24, 2.45) is 0 Å². The van der Waals surface area contributed by atoms with Crippen LogP contribution in [0.3, 0.4) is 0 Å². The number of hydrogen-bond donors (Lipinski definition) is 1. The lowest BCUT2D eigenvalue weighted by molar-refractivity contribution is -0.137. The largest absolute Gasteiger partial charge is 0.507 e. The average molecular weight is 328 g/mol. The van der Waals surface area contributed by atoms with Crippen LogP contribution in [0.2, 0.25) is 0 Å². The van der Waals surface area contributed by atoms with Crippen LogP contribution in [-0.4, -0.2) is 5.11 Å². The molecule has 1 aliphatic rings. The van der Waals surface area contributed by atoms with E-state index < -0.39 is 11.7 Å². The molecular weight excluding hydrogens is 313 g/mol. The van der Waals surface area contributed by atoms with Gasteiger partial charge in [0.15, 0.2) is 0 Å². The Hall–Kier alpha value is -2.49. The molecule has 1 aliphatic carbocycles. The number of rotatable bonds is 0. The molecule has 4 rings (SSSR count). The fourth-order valence-electron chi connectivity index (χ4n) is 3.76. The second-order valence-corrected chi connectivity index (χ2v) is 6.75. The predicted molar refractivity (Wildman–Crippen MR) is 88.2 cm³/mol. The molecule has 0 spiro atoms. The summed E-state index contributed by atoms with van der Waals surface area (Å²) in [6, 6.07) is 13.1. The van der Waals surface area contributed by atoms with E-state index in [1.807, 2.05) is 24.3 Å². The first-order chi connectivity index (χ1) is 11.2. The van der Waals surface area contributed by atoms with Crippen molar-refractivity contribution in [1.82, 2.24) is 0 Å². The lowest BCUT2D eigenvalue weighted by Gasteiger charge is -2.22. The number of phenolic OH excluding ortho intramolecular Hbond substituents is 1. The molecule has 0 fully saturated rings. The third-order valence-corrected chi connectivity index (χ3v) is 4.99. The van der Waals surface area contributed by atoms with E-state index in [0.29, 0.717) is 5.39 Å². The van der Waals surface area contributed by atoms with Gasteiger partial charge in [-0.15, -0.1) is 0 Å². The highest BCUT2D eigenvalue weighted by Gasteiger charge is 2.37. The topological polar surface area (TPSA) is 20.2 Å². The highest BCUT2D eigenvalue weighted by atomic mass is 19.4. The zero-order valence-corrected chi connectivity index (χ0v) is 13.2. The normalized spacial score (nSPS) is 15.4. The standard InChI is InChI=1S/C20H15F3O/c1-19(2)15-6-4-3-5-13(15)18-12-8-7-11(20(21,22)23)9-14(12)17(24)10-16(18)19/h3-10,24H,1-2H3. The first-order valence-corrected chi connectivity index (χ1v) is 7.68. The number of fused-ring (bicyclic) bond motifs is 5. The summed E-state index contributed by atoms with van der Waals surface area (Å²) in [4.78, 5) is 0. The van der Waals surface area contributed by atoms with Crippen molar-refractivity contribution >= 4 is 10.8 Å². The second-order valence-electron chi connectivity index (χ2n) is 6.75. The Morgan fingerprint density at radius 1 is 0.875 bits per heavy atom. The summed E-state index contributed by atoms with van der Waals surface area (Å²) in [7, 11) is 0. The van der Waals surface area contributed by atoms with Gasteiger partial charge in [0, 0.05) is 10.8 Å². The molecule has 0 aromatic heterocycles. The van der Waals surface area contributed by atoms with Crippen LogP contribution in [-0.2, 0) is 11.6 Å². The Balaban J connectivity index is 2.12. The minimum Gasteiger partial charge on any atom is -0.507 e. The molecule has 3 aromatic rings. The number of alkyl halides is 3. The fourth-order valence-corrected chi connectivity index (χ4v) is 3.76. The summed E-state index contributed by atoms with van der Waals surface area (Å²) in [6.45, 7) is 4.13. The van der Waals surface area contributed by atoms with E-state index in [-0.39, 0.29) is 16.6 Å². The van der Waals surface area contributed by atoms with E-state index in [1.54, 1.807) is 6.07 Å². The third-order valence-electron chi connectivity index (χ3n) is 4.99. The van der Waals surface area contributed by atoms with Gasteiger partial charge in [-0.3, -0.25) is 0 Å². The molecule has 1 N–H and O–H groups in total. The van der Waals surface area contributed by atoms with Crippen molar-refractivity contribution in [2.75, 3.05) is 0 Å². The van der Waals surface area contributed by atoms with E-state index in [2.05, 4.69) is 13.8 Å². The Labute approximate surface area is 137 Å². The molecule has 0 saturated carbocycles. The van der Waals surface area contributed by atoms with Crippen LogP contribution in [0.15, 0.2) is 48.5 Å². The van der Waals surface area contributed by atoms with E-state index in [9.17, 15) is 18.3 Å². The lowest BCUT2D eigenvalue weighted by atomic mass is 9.82. The number of hydrogen-bond acceptors (Lipinski definition) is 1. The highest BCUT2D eigenvalue weighted by Crippen LogP contribution is 2.53. The minimum atomic E-state index is -4.43. The van der Waals surface area contributed by atoms with Crippen molar-refractivity contribution in [3.8, 4) is 16.9 Å². The van der Waals surface area contributed by atoms with Crippen LogP contribution in [0.1, 0.15) is 30.5 Å². The molecule has 3 aromatic carbocycles. The van der Waals surface area contributed by atoms with Gasteiger partial charge in [0.2, 0.25) is 0 Å². The van der Waals surface area contributed by atoms with E-state index in [1.165, 1.54) is 6.07 Å². The lowest BCUT2D eigenvalue weighted by Crippen LogP contribution is -2.14. The maximum atomic E-state index is 13.0. The first kappa shape index (κ1) is 15.1. The molecule has 0 amide bonds. The highest BCUT2D eigenvalue weighted by molar-refractivity contribution is 6.05. The van der Waals surface area contributed by atoms with E-state index >= 15 is 0 Å². The minimum absolute atomic E-state index is 0.115. The average Bonchev–Trinajstić information content (AvgIpc) is 2.75. The summed E-state index contributed by atoms with van der Waals surface area (Å²) in [5, 5.41) is 11.3. The molecule has 1 nitrogen and oxygen atoms in total. The molecule has 0 aliphatic heterocycles. The smallest absolute Gasteiger partial charge is 0.416 e. The van der Waals surface area contributed by atoms with Crippen molar-refractivity contribution in [3.05, 3.63) is 65.2 Å². The van der Waals surface area contributed by atoms with Gasteiger partial charge in [0.1, 0.15) is 5.75 Å². The van der Waals surface area contributed by atoms with Gasteiger partial charge < -0.3 is 5.11 Å². The zero-order valence-electron chi connectivity index (χ0n) is 13.2. The first-order valence-electron chi connectivity index (χ1n) is 7.68. The van der Waals surface area contributed by atoms with Crippen LogP contribution in [0, 0.1) is 0 Å². The monoisotopic (exact) mass is 328 g/mol. The summed E-state index contributed by atoms with van der Waals surface area (Å²) in [5.74, 6) is -0.115. The SMILES string of the molecule is CC1(C)c2ccccc2-c2c1cc(O)c1cc(C(F)(F)F)ccc21. The molecule has 0 radical (unpaired) electrons. The van der Waals surface area contributed by atoms with Gasteiger partial charge in [0.05, 0.1) is 5.56 Å². The van der Waals surface area contributed by atoms with Gasteiger partial charge in [-0.25, -0.2) is 0 Å². The van der Waals surface area contributed by atoms with E-state index in [0.717, 1.165) is 34.4 Å². The Morgan fingerprint density at radius 3 is 2.29 bits per heavy atom. The van der Waals surface area contributed by atoms with E-state index in [4.69, 9.17) is 0 Å². The molecule has 122 valence electrons. The fraction of sp³-hybridized carbons (Fsp3) is 0.200. The quantitative estimate of drug-likeness (QED) is 0.547. The van der Waals surface area contributed by atoms with Gasteiger partial charge in [-0.1, -0.05) is 44.2 Å². The summed E-state index contributed by atoms with van der Waals surface area (Å²) in [5.41, 5.74) is 2.93. The van der Waals surface area contributed by atoms with Crippen molar-refractivity contribution in [1.29, 1.82) is 0 Å². The number of phenols is 1. The van der Waals surface area contributed by atoms with Crippen LogP contribution < -0.4 is 0 Å². The third kappa shape index (κ3) is 1.89. The van der Waals surface area contributed by atoms with Crippen LogP contribution in [0.5, 0.6) is 5.75 Å². The van der Waals surface area contributed by atoms with Crippen molar-refractivity contribution in [3.63, 3.8) is 0 Å². The Morgan fingerprint density at radius 2 is 1.58 bits per heavy atom. The van der Waals surface area contributed by atoms with Gasteiger partial charge in [-0.05, 0) is 45.8 Å². The summed E-state index contributed by atoms with van der Waals surface area (Å²) >= 11 is 0. The van der Waals surface area contributed by atoms with Crippen molar-refractivity contribution < 1.29 is 18.3 Å².